The van der Waals surface area contributed by atoms with Crippen LogP contribution in [0.15, 0.2) is 81.6 Å². The zero-order valence-corrected chi connectivity index (χ0v) is 25.4. The number of amides is 1. The van der Waals surface area contributed by atoms with Crippen molar-refractivity contribution in [3.05, 3.63) is 89.7 Å². The van der Waals surface area contributed by atoms with Crippen LogP contribution in [0.5, 0.6) is 5.75 Å². The van der Waals surface area contributed by atoms with Crippen LogP contribution < -0.4 is 14.4 Å². The number of fused-ring (bicyclic) bond motifs is 2. The minimum Gasteiger partial charge on any atom is -0.496 e. The van der Waals surface area contributed by atoms with Crippen LogP contribution in [0.2, 0.25) is 0 Å². The molecule has 1 amide bonds. The van der Waals surface area contributed by atoms with Crippen molar-refractivity contribution in [3.8, 4) is 45.7 Å². The third kappa shape index (κ3) is 5.35. The standard InChI is InChI=1S/C34H27FN4O5S/c1-37-33(41)30-24-16-23(26(39(45-3)13-14-40)17-29(24)43-32(30)19-7-10-22(35)11-8-19)20-9-12-27(42-2)25(15-20)34-38-31-21(18-36)5-4-6-28(31)44-34/h4-12,15-17,40H,13-14H2,1-3H3,(H,37,41). The minimum atomic E-state index is -0.404. The second kappa shape index (κ2) is 12.4. The lowest BCUT2D eigenvalue weighted by Gasteiger charge is -2.24. The Hall–Kier alpha value is -5.31. The largest absolute Gasteiger partial charge is 0.496 e. The fourth-order valence-electron chi connectivity index (χ4n) is 5.32. The van der Waals surface area contributed by atoms with E-state index in [-0.39, 0.29) is 18.4 Å². The van der Waals surface area contributed by atoms with Gasteiger partial charge in [-0.05, 0) is 60.2 Å². The molecule has 0 saturated heterocycles. The first-order chi connectivity index (χ1) is 21.9. The number of nitriles is 1. The molecular weight excluding hydrogens is 595 g/mol. The number of rotatable bonds is 9. The summed E-state index contributed by atoms with van der Waals surface area (Å²) in [7, 11) is 3.09. The fraction of sp³-hybridized carbons (Fsp3) is 0.147. The van der Waals surface area contributed by atoms with Crippen molar-refractivity contribution >= 4 is 45.6 Å². The molecular formula is C34H27FN4O5S. The van der Waals surface area contributed by atoms with Crippen LogP contribution >= 0.6 is 11.9 Å². The number of furan rings is 1. The van der Waals surface area contributed by atoms with E-state index in [4.69, 9.17) is 13.6 Å². The van der Waals surface area contributed by atoms with E-state index in [2.05, 4.69) is 16.4 Å². The van der Waals surface area contributed by atoms with Crippen LogP contribution in [-0.2, 0) is 0 Å². The maximum atomic E-state index is 13.8. The van der Waals surface area contributed by atoms with E-state index in [1.165, 1.54) is 31.1 Å². The van der Waals surface area contributed by atoms with Gasteiger partial charge in [0.05, 0.1) is 42.6 Å². The molecule has 0 saturated carbocycles. The number of nitrogens with zero attached hydrogens (tertiary/aromatic N) is 3. The highest BCUT2D eigenvalue weighted by molar-refractivity contribution is 8.00. The van der Waals surface area contributed by atoms with Gasteiger partial charge in [0.15, 0.2) is 5.58 Å². The van der Waals surface area contributed by atoms with Crippen LogP contribution in [0.3, 0.4) is 0 Å². The van der Waals surface area contributed by atoms with E-state index >= 15 is 0 Å². The zero-order chi connectivity index (χ0) is 31.7. The lowest BCUT2D eigenvalue weighted by atomic mass is 9.97. The second-order valence-electron chi connectivity index (χ2n) is 9.96. The number of benzene rings is 4. The van der Waals surface area contributed by atoms with Gasteiger partial charge in [-0.2, -0.15) is 5.26 Å². The van der Waals surface area contributed by atoms with Crippen LogP contribution in [0, 0.1) is 17.1 Å². The smallest absolute Gasteiger partial charge is 0.255 e. The molecule has 0 atom stereocenters. The highest BCUT2D eigenvalue weighted by Crippen LogP contribution is 2.44. The van der Waals surface area contributed by atoms with E-state index in [0.29, 0.717) is 62.4 Å². The van der Waals surface area contributed by atoms with Gasteiger partial charge < -0.3 is 28.3 Å². The van der Waals surface area contributed by atoms with Gasteiger partial charge in [0.2, 0.25) is 5.89 Å². The third-order valence-electron chi connectivity index (χ3n) is 7.44. The fourth-order valence-corrected chi connectivity index (χ4v) is 5.93. The number of hydrogen-bond donors (Lipinski definition) is 2. The Kier molecular flexibility index (Phi) is 8.17. The Labute approximate surface area is 262 Å². The molecule has 2 heterocycles. The number of para-hydroxylation sites is 1. The maximum Gasteiger partial charge on any atom is 0.255 e. The number of aromatic nitrogens is 1. The third-order valence-corrected chi connectivity index (χ3v) is 8.26. The van der Waals surface area contributed by atoms with Crippen molar-refractivity contribution in [2.45, 2.75) is 0 Å². The molecule has 11 heteroatoms. The van der Waals surface area contributed by atoms with Crippen molar-refractivity contribution in [1.82, 2.24) is 10.3 Å². The molecule has 0 bridgehead atoms. The van der Waals surface area contributed by atoms with Gasteiger partial charge in [-0.25, -0.2) is 9.37 Å². The summed E-state index contributed by atoms with van der Waals surface area (Å²) in [5, 5.41) is 22.7. The van der Waals surface area contributed by atoms with E-state index in [1.54, 1.807) is 43.5 Å². The summed E-state index contributed by atoms with van der Waals surface area (Å²) >= 11 is 1.42. The van der Waals surface area contributed by atoms with E-state index < -0.39 is 5.82 Å². The molecule has 0 aliphatic heterocycles. The van der Waals surface area contributed by atoms with Gasteiger partial charge in [-0.15, -0.1) is 0 Å². The van der Waals surface area contributed by atoms with Crippen molar-refractivity contribution in [2.75, 3.05) is 37.9 Å². The lowest BCUT2D eigenvalue weighted by molar-refractivity contribution is 0.0964. The number of aliphatic hydroxyl groups is 1. The van der Waals surface area contributed by atoms with Crippen molar-refractivity contribution in [3.63, 3.8) is 0 Å². The maximum absolute atomic E-state index is 13.8. The van der Waals surface area contributed by atoms with Crippen molar-refractivity contribution in [2.24, 2.45) is 0 Å². The Morgan fingerprint density at radius 2 is 1.84 bits per heavy atom. The number of hydrogen-bond acceptors (Lipinski definition) is 9. The molecule has 6 rings (SSSR count). The Morgan fingerprint density at radius 3 is 2.53 bits per heavy atom. The summed E-state index contributed by atoms with van der Waals surface area (Å²) < 4.78 is 33.7. The summed E-state index contributed by atoms with van der Waals surface area (Å²) in [4.78, 5) is 17.9. The highest BCUT2D eigenvalue weighted by atomic mass is 32.2. The first-order valence-corrected chi connectivity index (χ1v) is 15.1. The minimum absolute atomic E-state index is 0.0984. The SMILES string of the molecule is CNC(=O)c1c(-c2ccc(F)cc2)oc2cc(N(CCO)SC)c(-c3ccc(OC)c(-c4nc5c(C#N)cccc5o4)c3)cc12. The summed E-state index contributed by atoms with van der Waals surface area (Å²) in [5.41, 5.74) is 5.38. The van der Waals surface area contributed by atoms with Crippen LogP contribution in [0.25, 0.3) is 56.0 Å². The molecule has 45 heavy (non-hydrogen) atoms. The number of ether oxygens (including phenoxy) is 1. The molecule has 0 fully saturated rings. The number of carbonyl (C=O) groups is 1. The predicted molar refractivity (Wildman–Crippen MR) is 173 cm³/mol. The van der Waals surface area contributed by atoms with E-state index in [9.17, 15) is 19.6 Å². The van der Waals surface area contributed by atoms with Crippen LogP contribution in [-0.4, -0.2) is 49.6 Å². The first kappa shape index (κ1) is 29.7. The quantitative estimate of drug-likeness (QED) is 0.164. The van der Waals surface area contributed by atoms with E-state index in [0.717, 1.165) is 16.8 Å². The van der Waals surface area contributed by atoms with Crippen LogP contribution in [0.1, 0.15) is 15.9 Å². The molecule has 0 aliphatic rings. The lowest BCUT2D eigenvalue weighted by Crippen LogP contribution is -2.19. The number of halogens is 1. The molecule has 2 aromatic heterocycles. The molecule has 226 valence electrons. The number of anilines is 1. The van der Waals surface area contributed by atoms with Gasteiger partial charge in [0.25, 0.3) is 5.91 Å². The predicted octanol–water partition coefficient (Wildman–Crippen LogP) is 7.03. The van der Waals surface area contributed by atoms with Crippen molar-refractivity contribution in [1.29, 1.82) is 5.26 Å². The average Bonchev–Trinajstić information content (AvgIpc) is 3.68. The Bertz CT molecular complexity index is 2100. The Morgan fingerprint density at radius 1 is 1.07 bits per heavy atom. The number of nitrogens with one attached hydrogen (secondary N) is 1. The average molecular weight is 623 g/mol. The summed E-state index contributed by atoms with van der Waals surface area (Å²) in [6, 6.07) is 22.3. The summed E-state index contributed by atoms with van der Waals surface area (Å²) in [6.45, 7) is 0.220. The van der Waals surface area contributed by atoms with Gasteiger partial charge in [-0.3, -0.25) is 4.79 Å². The van der Waals surface area contributed by atoms with Gasteiger partial charge in [0.1, 0.15) is 34.5 Å². The highest BCUT2D eigenvalue weighted by Gasteiger charge is 2.26. The molecule has 6 aromatic rings. The number of aliphatic hydroxyl groups excluding tert-OH is 1. The molecule has 0 radical (unpaired) electrons. The van der Waals surface area contributed by atoms with Gasteiger partial charge >= 0.3 is 0 Å². The van der Waals surface area contributed by atoms with Gasteiger partial charge in [0, 0.05) is 35.9 Å². The topological polar surface area (TPSA) is 125 Å². The monoisotopic (exact) mass is 622 g/mol. The van der Waals surface area contributed by atoms with E-state index in [1.807, 2.05) is 34.8 Å². The molecule has 4 aromatic carbocycles. The zero-order valence-electron chi connectivity index (χ0n) is 24.6. The molecule has 0 aliphatic carbocycles. The second-order valence-corrected chi connectivity index (χ2v) is 10.8. The van der Waals surface area contributed by atoms with Gasteiger partial charge in [-0.1, -0.05) is 24.1 Å². The Balaban J connectivity index is 1.62. The molecule has 9 nitrogen and oxygen atoms in total. The molecule has 2 N–H and O–H groups in total. The van der Waals surface area contributed by atoms with Crippen LogP contribution in [0.4, 0.5) is 10.1 Å². The number of carbonyl (C=O) groups excluding carboxylic acids is 1. The summed E-state index contributed by atoms with van der Waals surface area (Å²) in [6.07, 6.45) is 1.90. The number of methoxy groups -OCH3 is 1. The van der Waals surface area contributed by atoms with Crippen molar-refractivity contribution < 1.29 is 27.9 Å². The molecule has 0 unspecified atom stereocenters. The first-order valence-electron chi connectivity index (χ1n) is 13.9. The summed E-state index contributed by atoms with van der Waals surface area (Å²) in [5.74, 6) is 0.328. The molecule has 0 spiro atoms. The normalized spacial score (nSPS) is 11.1. The number of oxazole rings is 1.